The number of benzene rings is 1. The van der Waals surface area contributed by atoms with E-state index in [1.54, 1.807) is 12.1 Å². The number of aromatic nitrogens is 1. The molecule has 0 atom stereocenters. The first-order valence-electron chi connectivity index (χ1n) is 4.18. The highest BCUT2D eigenvalue weighted by atomic mass is 19.1. The van der Waals surface area contributed by atoms with Gasteiger partial charge in [0.2, 0.25) is 0 Å². The second-order valence-electron chi connectivity index (χ2n) is 3.10. The van der Waals surface area contributed by atoms with E-state index in [1.165, 1.54) is 12.1 Å². The third-order valence-electron chi connectivity index (χ3n) is 2.09. The lowest BCUT2D eigenvalue weighted by atomic mass is 10.1. The second-order valence-corrected chi connectivity index (χ2v) is 3.10. The number of aryl methyl sites for hydroxylation is 1. The fourth-order valence-corrected chi connectivity index (χ4v) is 1.43. The third-order valence-corrected chi connectivity index (χ3v) is 2.09. The van der Waals surface area contributed by atoms with Crippen LogP contribution >= 0.6 is 0 Å². The summed E-state index contributed by atoms with van der Waals surface area (Å²) >= 11 is 0. The van der Waals surface area contributed by atoms with E-state index in [0.29, 0.717) is 11.2 Å². The van der Waals surface area contributed by atoms with Gasteiger partial charge in [-0.2, -0.15) is 5.26 Å². The molecular formula is C11H7FN2. The van der Waals surface area contributed by atoms with Gasteiger partial charge in [-0.25, -0.2) is 9.37 Å². The molecular weight excluding hydrogens is 179 g/mol. The average Bonchev–Trinajstić information content (AvgIpc) is 2.16. The predicted octanol–water partition coefficient (Wildman–Crippen LogP) is 2.55. The zero-order valence-electron chi connectivity index (χ0n) is 7.58. The molecule has 3 heteroatoms. The minimum absolute atomic E-state index is 0.320. The summed E-state index contributed by atoms with van der Waals surface area (Å²) in [6.07, 6.45) is 0. The maximum Gasteiger partial charge on any atom is 0.141 e. The molecule has 2 rings (SSSR count). The Labute approximate surface area is 80.6 Å². The molecule has 0 saturated heterocycles. The van der Waals surface area contributed by atoms with Crippen LogP contribution in [0.15, 0.2) is 24.3 Å². The van der Waals surface area contributed by atoms with Crippen LogP contribution < -0.4 is 0 Å². The Balaban J connectivity index is 2.85. The average molecular weight is 186 g/mol. The van der Waals surface area contributed by atoms with Gasteiger partial charge in [0.05, 0.1) is 5.52 Å². The number of hydrogen-bond donors (Lipinski definition) is 0. The molecule has 1 aromatic heterocycles. The van der Waals surface area contributed by atoms with Gasteiger partial charge in [0.15, 0.2) is 0 Å². The van der Waals surface area contributed by atoms with E-state index in [9.17, 15) is 4.39 Å². The number of pyridine rings is 1. The first-order valence-corrected chi connectivity index (χ1v) is 4.18. The van der Waals surface area contributed by atoms with Gasteiger partial charge < -0.3 is 0 Å². The van der Waals surface area contributed by atoms with Crippen LogP contribution in [-0.2, 0) is 0 Å². The molecule has 2 nitrogen and oxygen atoms in total. The van der Waals surface area contributed by atoms with Gasteiger partial charge in [0.25, 0.3) is 0 Å². The molecule has 0 saturated carbocycles. The molecule has 14 heavy (non-hydrogen) atoms. The fraction of sp³-hybridized carbons (Fsp3) is 0.0909. The number of hydrogen-bond acceptors (Lipinski definition) is 2. The second kappa shape index (κ2) is 3.08. The van der Waals surface area contributed by atoms with Gasteiger partial charge in [-0.1, -0.05) is 0 Å². The van der Waals surface area contributed by atoms with E-state index in [4.69, 9.17) is 5.26 Å². The Bertz CT molecular complexity index is 541. The topological polar surface area (TPSA) is 36.7 Å². The molecule has 1 aromatic carbocycles. The van der Waals surface area contributed by atoms with Crippen molar-refractivity contribution < 1.29 is 4.39 Å². The van der Waals surface area contributed by atoms with E-state index in [-0.39, 0.29) is 5.82 Å². The van der Waals surface area contributed by atoms with Crippen molar-refractivity contribution in [1.82, 2.24) is 4.98 Å². The number of nitriles is 1. The Hall–Kier alpha value is -1.95. The van der Waals surface area contributed by atoms with Crippen LogP contribution in [0.3, 0.4) is 0 Å². The van der Waals surface area contributed by atoms with Gasteiger partial charge in [-0.15, -0.1) is 0 Å². The van der Waals surface area contributed by atoms with Crippen molar-refractivity contribution in [3.05, 3.63) is 41.3 Å². The lowest BCUT2D eigenvalue weighted by molar-refractivity contribution is 0.629. The summed E-state index contributed by atoms with van der Waals surface area (Å²) in [5.74, 6) is -0.334. The Morgan fingerprint density at radius 2 is 2.14 bits per heavy atom. The zero-order valence-corrected chi connectivity index (χ0v) is 7.58. The normalized spacial score (nSPS) is 10.1. The van der Waals surface area contributed by atoms with Gasteiger partial charge >= 0.3 is 0 Å². The maximum absolute atomic E-state index is 12.9. The predicted molar refractivity (Wildman–Crippen MR) is 51.2 cm³/mol. The molecule has 68 valence electrons. The Morgan fingerprint density at radius 3 is 2.86 bits per heavy atom. The molecule has 0 N–H and O–H groups in total. The minimum Gasteiger partial charge on any atom is -0.237 e. The van der Waals surface area contributed by atoms with Crippen LogP contribution in [-0.4, -0.2) is 4.98 Å². The number of fused-ring (bicyclic) bond motifs is 1. The highest BCUT2D eigenvalue weighted by Crippen LogP contribution is 2.18. The van der Waals surface area contributed by atoms with Gasteiger partial charge in [0, 0.05) is 11.5 Å². The van der Waals surface area contributed by atoms with Crippen molar-refractivity contribution in [2.75, 3.05) is 0 Å². The van der Waals surface area contributed by atoms with E-state index in [1.807, 2.05) is 13.0 Å². The molecule has 0 aliphatic heterocycles. The minimum atomic E-state index is -0.334. The monoisotopic (exact) mass is 186 g/mol. The smallest absolute Gasteiger partial charge is 0.141 e. The molecule has 2 aromatic rings. The molecule has 0 bridgehead atoms. The summed E-state index contributed by atoms with van der Waals surface area (Å²) in [5.41, 5.74) is 1.79. The van der Waals surface area contributed by atoms with E-state index >= 15 is 0 Å². The summed E-state index contributed by atoms with van der Waals surface area (Å²) in [7, 11) is 0. The molecule has 1 heterocycles. The molecule has 0 fully saturated rings. The molecule has 0 unspecified atom stereocenters. The molecule has 0 spiro atoms. The highest BCUT2D eigenvalue weighted by Gasteiger charge is 2.02. The van der Waals surface area contributed by atoms with Crippen molar-refractivity contribution in [2.45, 2.75) is 6.92 Å². The summed E-state index contributed by atoms with van der Waals surface area (Å²) in [4.78, 5) is 4.01. The summed E-state index contributed by atoms with van der Waals surface area (Å²) in [6, 6.07) is 8.04. The van der Waals surface area contributed by atoms with Gasteiger partial charge in [-0.05, 0) is 30.7 Å². The van der Waals surface area contributed by atoms with Crippen molar-refractivity contribution in [2.24, 2.45) is 0 Å². The van der Waals surface area contributed by atoms with Crippen molar-refractivity contribution in [3.8, 4) is 6.07 Å². The summed E-state index contributed by atoms with van der Waals surface area (Å²) in [6.45, 7) is 1.88. The fourth-order valence-electron chi connectivity index (χ4n) is 1.43. The Morgan fingerprint density at radius 1 is 1.36 bits per heavy atom. The molecule has 0 aliphatic rings. The van der Waals surface area contributed by atoms with Crippen LogP contribution in [0.5, 0.6) is 0 Å². The van der Waals surface area contributed by atoms with Crippen LogP contribution in [0.25, 0.3) is 10.9 Å². The SMILES string of the molecule is Cc1cc(C#N)nc2cc(F)ccc12. The van der Waals surface area contributed by atoms with Gasteiger partial charge in [-0.3, -0.25) is 0 Å². The van der Waals surface area contributed by atoms with Crippen LogP contribution in [0.1, 0.15) is 11.3 Å². The zero-order chi connectivity index (χ0) is 10.1. The summed E-state index contributed by atoms with van der Waals surface area (Å²) < 4.78 is 12.9. The standard InChI is InChI=1S/C11H7FN2/c1-7-4-9(6-13)14-11-5-8(12)2-3-10(7)11/h2-5H,1H3. The van der Waals surface area contributed by atoms with E-state index in [2.05, 4.69) is 4.98 Å². The summed E-state index contributed by atoms with van der Waals surface area (Å²) in [5, 5.41) is 9.56. The highest BCUT2D eigenvalue weighted by molar-refractivity contribution is 5.82. The molecule has 0 amide bonds. The number of nitrogens with zero attached hydrogens (tertiary/aromatic N) is 2. The van der Waals surface area contributed by atoms with Crippen LogP contribution in [0, 0.1) is 24.1 Å². The lowest BCUT2D eigenvalue weighted by Gasteiger charge is -2.01. The largest absolute Gasteiger partial charge is 0.237 e. The lowest BCUT2D eigenvalue weighted by Crippen LogP contribution is -1.88. The number of halogens is 1. The van der Waals surface area contributed by atoms with Crippen molar-refractivity contribution in [3.63, 3.8) is 0 Å². The molecule has 0 radical (unpaired) electrons. The van der Waals surface area contributed by atoms with Crippen LogP contribution in [0.4, 0.5) is 4.39 Å². The third kappa shape index (κ3) is 1.31. The van der Waals surface area contributed by atoms with Crippen LogP contribution in [0.2, 0.25) is 0 Å². The van der Waals surface area contributed by atoms with Gasteiger partial charge in [0.1, 0.15) is 17.6 Å². The first kappa shape index (κ1) is 8.64. The first-order chi connectivity index (χ1) is 6.70. The number of rotatable bonds is 0. The van der Waals surface area contributed by atoms with Crippen molar-refractivity contribution in [1.29, 1.82) is 5.26 Å². The quantitative estimate of drug-likeness (QED) is 0.634. The van der Waals surface area contributed by atoms with Crippen molar-refractivity contribution >= 4 is 10.9 Å². The Kier molecular flexibility index (Phi) is 1.90. The van der Waals surface area contributed by atoms with E-state index in [0.717, 1.165) is 10.9 Å². The molecule has 0 aliphatic carbocycles. The maximum atomic E-state index is 12.9. The van der Waals surface area contributed by atoms with E-state index < -0.39 is 0 Å².